The molecule has 2 unspecified atom stereocenters. The van der Waals surface area contributed by atoms with E-state index in [9.17, 15) is 0 Å². The molecule has 3 rings (SSSR count). The molecule has 1 saturated carbocycles. The van der Waals surface area contributed by atoms with Crippen molar-refractivity contribution in [3.8, 4) is 0 Å². The molecule has 2 heterocycles. The van der Waals surface area contributed by atoms with Crippen LogP contribution in [0.5, 0.6) is 0 Å². The molecule has 1 aliphatic rings. The summed E-state index contributed by atoms with van der Waals surface area (Å²) in [4.78, 5) is 8.64. The van der Waals surface area contributed by atoms with Gasteiger partial charge in [-0.1, -0.05) is 6.92 Å². The molecule has 0 saturated heterocycles. The van der Waals surface area contributed by atoms with Crippen LogP contribution in [0.1, 0.15) is 26.2 Å². The predicted octanol–water partition coefficient (Wildman–Crippen LogP) is 2.45. The molecule has 1 fully saturated rings. The normalized spacial score (nSPS) is 23.1. The highest BCUT2D eigenvalue weighted by Gasteiger charge is 2.25. The Hall–Kier alpha value is -1.30. The van der Waals surface area contributed by atoms with Gasteiger partial charge in [-0.3, -0.25) is 4.68 Å². The van der Waals surface area contributed by atoms with Gasteiger partial charge in [-0.15, -0.1) is 0 Å². The van der Waals surface area contributed by atoms with Crippen LogP contribution in [0.25, 0.3) is 11.0 Å². The van der Waals surface area contributed by atoms with E-state index in [1.807, 2.05) is 13.2 Å². The molecule has 0 radical (unpaired) electrons. The van der Waals surface area contributed by atoms with Gasteiger partial charge in [-0.25, -0.2) is 9.97 Å². The number of hydrogen-bond acceptors (Lipinski definition) is 5. The topological polar surface area (TPSA) is 55.6 Å². The third-order valence-corrected chi connectivity index (χ3v) is 4.89. The Balaban J connectivity index is 1.75. The van der Waals surface area contributed by atoms with Gasteiger partial charge in [0, 0.05) is 18.3 Å². The summed E-state index contributed by atoms with van der Waals surface area (Å²) in [6.07, 6.45) is 7.20. The number of thioether (sulfide) groups is 1. The molecular formula is C13H19N5S. The smallest absolute Gasteiger partial charge is 0.163 e. The summed E-state index contributed by atoms with van der Waals surface area (Å²) in [6, 6.07) is 0.530. The second-order valence-corrected chi connectivity index (χ2v) is 6.54. The van der Waals surface area contributed by atoms with Crippen molar-refractivity contribution in [2.24, 2.45) is 7.05 Å². The lowest BCUT2D eigenvalue weighted by Gasteiger charge is -2.14. The highest BCUT2D eigenvalue weighted by molar-refractivity contribution is 7.99. The summed E-state index contributed by atoms with van der Waals surface area (Å²) < 4.78 is 1.78. The minimum atomic E-state index is 0.530. The lowest BCUT2D eigenvalue weighted by molar-refractivity contribution is 0.752. The fraction of sp³-hybridized carbons (Fsp3) is 0.615. The van der Waals surface area contributed by atoms with E-state index >= 15 is 0 Å². The summed E-state index contributed by atoms with van der Waals surface area (Å²) in [7, 11) is 1.91. The maximum absolute atomic E-state index is 4.37. The van der Waals surface area contributed by atoms with E-state index in [1.54, 1.807) is 11.0 Å². The van der Waals surface area contributed by atoms with E-state index in [2.05, 4.69) is 39.1 Å². The molecule has 1 aliphatic carbocycles. The van der Waals surface area contributed by atoms with Gasteiger partial charge >= 0.3 is 0 Å². The van der Waals surface area contributed by atoms with Crippen LogP contribution < -0.4 is 5.32 Å². The number of nitrogens with zero attached hydrogens (tertiary/aromatic N) is 4. The van der Waals surface area contributed by atoms with Gasteiger partial charge in [-0.2, -0.15) is 16.9 Å². The molecule has 0 aliphatic heterocycles. The number of fused-ring (bicyclic) bond motifs is 1. The van der Waals surface area contributed by atoms with Crippen LogP contribution in [-0.4, -0.2) is 36.8 Å². The van der Waals surface area contributed by atoms with Gasteiger partial charge in [0.2, 0.25) is 0 Å². The maximum atomic E-state index is 4.37. The molecule has 0 bridgehead atoms. The zero-order chi connectivity index (χ0) is 13.2. The molecule has 6 heteroatoms. The minimum absolute atomic E-state index is 0.530. The van der Waals surface area contributed by atoms with Crippen LogP contribution in [0, 0.1) is 0 Å². The fourth-order valence-corrected chi connectivity index (χ4v) is 3.87. The van der Waals surface area contributed by atoms with E-state index in [4.69, 9.17) is 0 Å². The molecule has 2 aromatic rings. The van der Waals surface area contributed by atoms with Crippen molar-refractivity contribution >= 4 is 28.6 Å². The average molecular weight is 277 g/mol. The Bertz CT molecular complexity index is 567. The fourth-order valence-electron chi connectivity index (χ4n) is 2.73. The summed E-state index contributed by atoms with van der Waals surface area (Å²) in [6.45, 7) is 2.23. The lowest BCUT2D eigenvalue weighted by Crippen LogP contribution is -2.17. The first-order valence-corrected chi connectivity index (χ1v) is 7.83. The summed E-state index contributed by atoms with van der Waals surface area (Å²) in [5, 5.41) is 9.62. The molecule has 2 atom stereocenters. The zero-order valence-electron chi connectivity index (χ0n) is 11.3. The highest BCUT2D eigenvalue weighted by atomic mass is 32.2. The van der Waals surface area contributed by atoms with Gasteiger partial charge in [0.1, 0.15) is 12.1 Å². The van der Waals surface area contributed by atoms with Crippen LogP contribution in [0.4, 0.5) is 5.82 Å². The molecule has 0 aromatic carbocycles. The minimum Gasteiger partial charge on any atom is -0.367 e. The number of nitrogens with one attached hydrogen (secondary N) is 1. The molecule has 102 valence electrons. The quantitative estimate of drug-likeness (QED) is 0.930. The summed E-state index contributed by atoms with van der Waals surface area (Å²) >= 11 is 2.07. The van der Waals surface area contributed by atoms with Crippen molar-refractivity contribution < 1.29 is 0 Å². The van der Waals surface area contributed by atoms with E-state index in [-0.39, 0.29) is 0 Å². The highest BCUT2D eigenvalue weighted by Crippen LogP contribution is 2.32. The SMILES string of the molecule is CCSC1CCC(Nc2ncnc3c2cnn3C)C1. The average Bonchev–Trinajstić information content (AvgIpc) is 2.99. The second kappa shape index (κ2) is 5.36. The van der Waals surface area contributed by atoms with Gasteiger partial charge < -0.3 is 5.32 Å². The molecule has 19 heavy (non-hydrogen) atoms. The maximum Gasteiger partial charge on any atom is 0.163 e. The zero-order valence-corrected chi connectivity index (χ0v) is 12.2. The van der Waals surface area contributed by atoms with Gasteiger partial charge in [0.05, 0.1) is 11.6 Å². The van der Waals surface area contributed by atoms with Crippen molar-refractivity contribution in [2.75, 3.05) is 11.1 Å². The van der Waals surface area contributed by atoms with E-state index < -0.39 is 0 Å². The van der Waals surface area contributed by atoms with Crippen molar-refractivity contribution in [2.45, 2.75) is 37.5 Å². The van der Waals surface area contributed by atoms with Crippen molar-refractivity contribution in [1.29, 1.82) is 0 Å². The van der Waals surface area contributed by atoms with E-state index in [0.717, 1.165) is 22.1 Å². The molecule has 1 N–H and O–H groups in total. The number of hydrogen-bond donors (Lipinski definition) is 1. The molecule has 0 amide bonds. The van der Waals surface area contributed by atoms with Crippen molar-refractivity contribution in [3.63, 3.8) is 0 Å². The van der Waals surface area contributed by atoms with Crippen molar-refractivity contribution in [3.05, 3.63) is 12.5 Å². The number of anilines is 1. The predicted molar refractivity (Wildman–Crippen MR) is 79.5 cm³/mol. The summed E-state index contributed by atoms with van der Waals surface area (Å²) in [5.74, 6) is 2.13. The Labute approximate surface area is 117 Å². The lowest BCUT2D eigenvalue weighted by atomic mass is 10.2. The van der Waals surface area contributed by atoms with Crippen LogP contribution in [0.3, 0.4) is 0 Å². The third-order valence-electron chi connectivity index (χ3n) is 3.66. The molecule has 5 nitrogen and oxygen atoms in total. The van der Waals surface area contributed by atoms with E-state index in [1.165, 1.54) is 25.0 Å². The van der Waals surface area contributed by atoms with Crippen LogP contribution >= 0.6 is 11.8 Å². The summed E-state index contributed by atoms with van der Waals surface area (Å²) in [5.41, 5.74) is 0.884. The Morgan fingerprint density at radius 2 is 2.32 bits per heavy atom. The Morgan fingerprint density at radius 3 is 3.16 bits per heavy atom. The van der Waals surface area contributed by atoms with E-state index in [0.29, 0.717) is 6.04 Å². The monoisotopic (exact) mass is 277 g/mol. The van der Waals surface area contributed by atoms with Gasteiger partial charge in [-0.05, 0) is 25.0 Å². The van der Waals surface area contributed by atoms with Crippen LogP contribution in [0.2, 0.25) is 0 Å². The number of aromatic nitrogens is 4. The second-order valence-electron chi connectivity index (χ2n) is 4.96. The molecule has 2 aromatic heterocycles. The Morgan fingerprint density at radius 1 is 1.42 bits per heavy atom. The van der Waals surface area contributed by atoms with Crippen molar-refractivity contribution in [1.82, 2.24) is 19.7 Å². The van der Waals surface area contributed by atoms with Crippen LogP contribution in [0.15, 0.2) is 12.5 Å². The number of rotatable bonds is 4. The number of aryl methyl sites for hydroxylation is 1. The third kappa shape index (κ3) is 2.54. The first-order valence-electron chi connectivity index (χ1n) is 6.78. The molecular weight excluding hydrogens is 258 g/mol. The standard InChI is InChI=1S/C13H19N5S/c1-3-19-10-5-4-9(6-10)17-12-11-7-16-18(2)13(11)15-8-14-12/h7-10H,3-6H2,1-2H3,(H,14,15,17). The van der Waals surface area contributed by atoms with Gasteiger partial charge in [0.15, 0.2) is 5.65 Å². The Kier molecular flexibility index (Phi) is 3.59. The van der Waals surface area contributed by atoms with Gasteiger partial charge in [0.25, 0.3) is 0 Å². The molecule has 0 spiro atoms. The first-order chi connectivity index (χ1) is 9.28. The largest absolute Gasteiger partial charge is 0.367 e. The first kappa shape index (κ1) is 12.7. The van der Waals surface area contributed by atoms with Crippen LogP contribution in [-0.2, 0) is 7.05 Å².